The predicted octanol–water partition coefficient (Wildman–Crippen LogP) is 2.40. The highest BCUT2D eigenvalue weighted by Gasteiger charge is 2.45. The number of benzene rings is 1. The fraction of sp³-hybridized carbons (Fsp3) is 0.500. The van der Waals surface area contributed by atoms with Gasteiger partial charge in [-0.15, -0.1) is 0 Å². The highest BCUT2D eigenvalue weighted by molar-refractivity contribution is 5.96. The van der Waals surface area contributed by atoms with E-state index in [1.54, 1.807) is 26.8 Å². The molecule has 1 aromatic carbocycles. The molecular formula is C20H27NO5. The van der Waals surface area contributed by atoms with E-state index >= 15 is 0 Å². The number of carbonyl (C=O) groups excluding carboxylic acids is 2. The zero-order chi connectivity index (χ0) is 19.5. The van der Waals surface area contributed by atoms with Gasteiger partial charge in [-0.2, -0.15) is 0 Å². The second kappa shape index (κ2) is 7.50. The molecule has 0 saturated carbocycles. The molecule has 1 aliphatic heterocycles. The molecular weight excluding hydrogens is 334 g/mol. The number of hydrogen-bond donors (Lipinski definition) is 1. The Bertz CT molecular complexity index is 700. The van der Waals surface area contributed by atoms with Crippen molar-refractivity contribution >= 4 is 23.7 Å². The SMILES string of the molecule is CN(C)c1ccc(/C=C2\CC(CO)(COC(=O)C(C)(C)C)OC2=O)cc1. The van der Waals surface area contributed by atoms with E-state index in [0.717, 1.165) is 11.3 Å². The highest BCUT2D eigenvalue weighted by Crippen LogP contribution is 2.33. The van der Waals surface area contributed by atoms with Crippen LogP contribution in [0.2, 0.25) is 0 Å². The van der Waals surface area contributed by atoms with Crippen LogP contribution in [-0.4, -0.2) is 50.0 Å². The minimum atomic E-state index is -1.21. The average molecular weight is 361 g/mol. The van der Waals surface area contributed by atoms with Crippen LogP contribution in [-0.2, 0) is 19.1 Å². The first-order valence-corrected chi connectivity index (χ1v) is 8.56. The van der Waals surface area contributed by atoms with Crippen LogP contribution in [0.15, 0.2) is 29.8 Å². The Labute approximate surface area is 154 Å². The number of esters is 2. The Morgan fingerprint density at radius 2 is 1.92 bits per heavy atom. The first-order chi connectivity index (χ1) is 12.1. The largest absolute Gasteiger partial charge is 0.461 e. The summed E-state index contributed by atoms with van der Waals surface area (Å²) < 4.78 is 10.6. The van der Waals surface area contributed by atoms with Crippen molar-refractivity contribution in [3.8, 4) is 0 Å². The van der Waals surface area contributed by atoms with Crippen molar-refractivity contribution in [3.05, 3.63) is 35.4 Å². The Hall–Kier alpha value is -2.34. The first-order valence-electron chi connectivity index (χ1n) is 8.56. The minimum absolute atomic E-state index is 0.164. The van der Waals surface area contributed by atoms with E-state index in [9.17, 15) is 14.7 Å². The molecule has 1 saturated heterocycles. The number of ether oxygens (including phenoxy) is 2. The molecule has 26 heavy (non-hydrogen) atoms. The highest BCUT2D eigenvalue weighted by atomic mass is 16.6. The standard InChI is InChI=1S/C20H27NO5/c1-19(2,3)18(24)25-13-20(12-22)11-15(17(23)26-20)10-14-6-8-16(9-7-14)21(4)5/h6-10,22H,11-13H2,1-5H3/b15-10+. The lowest BCUT2D eigenvalue weighted by atomic mass is 9.96. The zero-order valence-corrected chi connectivity index (χ0v) is 16.0. The quantitative estimate of drug-likeness (QED) is 0.641. The topological polar surface area (TPSA) is 76.1 Å². The molecule has 1 N–H and O–H groups in total. The van der Waals surface area contributed by atoms with E-state index in [-0.39, 0.29) is 13.0 Å². The zero-order valence-electron chi connectivity index (χ0n) is 16.0. The number of aliphatic hydroxyl groups excluding tert-OH is 1. The van der Waals surface area contributed by atoms with Gasteiger partial charge < -0.3 is 19.5 Å². The maximum atomic E-state index is 12.2. The van der Waals surface area contributed by atoms with Gasteiger partial charge in [0, 0.05) is 31.8 Å². The molecule has 2 rings (SSSR count). The number of rotatable bonds is 5. The van der Waals surface area contributed by atoms with E-state index in [0.29, 0.717) is 5.57 Å². The molecule has 0 bridgehead atoms. The lowest BCUT2D eigenvalue weighted by Crippen LogP contribution is -2.40. The maximum absolute atomic E-state index is 12.2. The Kier molecular flexibility index (Phi) is 5.76. The summed E-state index contributed by atoms with van der Waals surface area (Å²) in [5.74, 6) is -0.902. The fourth-order valence-corrected chi connectivity index (χ4v) is 2.53. The van der Waals surface area contributed by atoms with Gasteiger partial charge in [0.2, 0.25) is 0 Å². The van der Waals surface area contributed by atoms with E-state index in [1.165, 1.54) is 0 Å². The lowest BCUT2D eigenvalue weighted by Gasteiger charge is -2.26. The summed E-state index contributed by atoms with van der Waals surface area (Å²) in [4.78, 5) is 26.2. The Morgan fingerprint density at radius 3 is 2.42 bits per heavy atom. The molecule has 1 atom stereocenters. The van der Waals surface area contributed by atoms with Gasteiger partial charge in [0.15, 0.2) is 5.60 Å². The number of aliphatic hydroxyl groups is 1. The third kappa shape index (κ3) is 4.64. The normalized spacial score (nSPS) is 21.6. The Morgan fingerprint density at radius 1 is 1.31 bits per heavy atom. The third-order valence-electron chi connectivity index (χ3n) is 4.20. The van der Waals surface area contributed by atoms with Crippen molar-refractivity contribution in [2.45, 2.75) is 32.8 Å². The van der Waals surface area contributed by atoms with Gasteiger partial charge in [0.05, 0.1) is 12.0 Å². The second-order valence-corrected chi connectivity index (χ2v) is 7.89. The Balaban J connectivity index is 2.13. The van der Waals surface area contributed by atoms with Gasteiger partial charge >= 0.3 is 11.9 Å². The van der Waals surface area contributed by atoms with Gasteiger partial charge in [-0.1, -0.05) is 12.1 Å². The van der Waals surface area contributed by atoms with Crippen LogP contribution in [0.3, 0.4) is 0 Å². The van der Waals surface area contributed by atoms with Crippen LogP contribution in [0.4, 0.5) is 5.69 Å². The van der Waals surface area contributed by atoms with Crippen LogP contribution < -0.4 is 4.90 Å². The summed E-state index contributed by atoms with van der Waals surface area (Å²) >= 11 is 0. The fourth-order valence-electron chi connectivity index (χ4n) is 2.53. The average Bonchev–Trinajstić information content (AvgIpc) is 2.89. The van der Waals surface area contributed by atoms with Gasteiger partial charge in [-0.3, -0.25) is 4.79 Å². The molecule has 1 unspecified atom stereocenters. The van der Waals surface area contributed by atoms with Crippen molar-refractivity contribution in [1.82, 2.24) is 0 Å². The van der Waals surface area contributed by atoms with E-state index in [4.69, 9.17) is 9.47 Å². The number of anilines is 1. The van der Waals surface area contributed by atoms with Crippen LogP contribution in [0.1, 0.15) is 32.8 Å². The molecule has 0 amide bonds. The van der Waals surface area contributed by atoms with E-state index in [2.05, 4.69) is 0 Å². The first kappa shape index (κ1) is 20.0. The number of cyclic esters (lactones) is 1. The number of carbonyl (C=O) groups is 2. The molecule has 1 heterocycles. The molecule has 0 aromatic heterocycles. The molecule has 1 fully saturated rings. The molecule has 1 aliphatic rings. The molecule has 0 spiro atoms. The van der Waals surface area contributed by atoms with Crippen molar-refractivity contribution in [2.75, 3.05) is 32.2 Å². The summed E-state index contributed by atoms with van der Waals surface area (Å²) in [6.07, 6.45) is 1.93. The molecule has 0 radical (unpaired) electrons. The van der Waals surface area contributed by atoms with E-state index in [1.807, 2.05) is 43.3 Å². The van der Waals surface area contributed by atoms with Crippen LogP contribution in [0, 0.1) is 5.41 Å². The monoisotopic (exact) mass is 361 g/mol. The van der Waals surface area contributed by atoms with Crippen molar-refractivity contribution in [3.63, 3.8) is 0 Å². The molecule has 0 aliphatic carbocycles. The van der Waals surface area contributed by atoms with Crippen LogP contribution >= 0.6 is 0 Å². The summed E-state index contributed by atoms with van der Waals surface area (Å²) in [5, 5.41) is 9.73. The van der Waals surface area contributed by atoms with Crippen molar-refractivity contribution in [2.24, 2.45) is 5.41 Å². The molecule has 142 valence electrons. The summed E-state index contributed by atoms with van der Waals surface area (Å²) in [6.45, 7) is 4.65. The summed E-state index contributed by atoms with van der Waals surface area (Å²) in [5.41, 5.74) is 0.492. The summed E-state index contributed by atoms with van der Waals surface area (Å²) in [6, 6.07) is 7.73. The minimum Gasteiger partial charge on any atom is -0.461 e. The lowest BCUT2D eigenvalue weighted by molar-refractivity contribution is -0.171. The van der Waals surface area contributed by atoms with Crippen molar-refractivity contribution in [1.29, 1.82) is 0 Å². The van der Waals surface area contributed by atoms with Crippen molar-refractivity contribution < 1.29 is 24.2 Å². The maximum Gasteiger partial charge on any atom is 0.334 e. The summed E-state index contributed by atoms with van der Waals surface area (Å²) in [7, 11) is 3.91. The number of hydrogen-bond acceptors (Lipinski definition) is 6. The van der Waals surface area contributed by atoms with Gasteiger partial charge in [-0.05, 0) is 44.5 Å². The van der Waals surface area contributed by atoms with Crippen LogP contribution in [0.25, 0.3) is 6.08 Å². The predicted molar refractivity (Wildman–Crippen MR) is 99.7 cm³/mol. The van der Waals surface area contributed by atoms with Gasteiger partial charge in [0.1, 0.15) is 6.61 Å². The number of nitrogens with zero attached hydrogens (tertiary/aromatic N) is 1. The molecule has 1 aromatic rings. The smallest absolute Gasteiger partial charge is 0.334 e. The van der Waals surface area contributed by atoms with Gasteiger partial charge in [-0.25, -0.2) is 4.79 Å². The van der Waals surface area contributed by atoms with E-state index < -0.39 is 29.6 Å². The van der Waals surface area contributed by atoms with Crippen LogP contribution in [0.5, 0.6) is 0 Å². The molecule has 6 nitrogen and oxygen atoms in total. The molecule has 6 heteroatoms. The third-order valence-corrected chi connectivity index (χ3v) is 4.20. The second-order valence-electron chi connectivity index (χ2n) is 7.89. The van der Waals surface area contributed by atoms with Gasteiger partial charge in [0.25, 0.3) is 0 Å².